The Morgan fingerprint density at radius 1 is 1.35 bits per heavy atom. The van der Waals surface area contributed by atoms with E-state index >= 15 is 0 Å². The van der Waals surface area contributed by atoms with Gasteiger partial charge in [-0.05, 0) is 19.1 Å². The molecule has 0 aliphatic heterocycles. The maximum atomic E-state index is 12.1. The molecule has 0 aliphatic carbocycles. The molecule has 0 aliphatic rings. The lowest BCUT2D eigenvalue weighted by Gasteiger charge is -2.14. The molecule has 0 heterocycles. The molecule has 0 amide bonds. The molecule has 17 heavy (non-hydrogen) atoms. The Bertz CT molecular complexity index is 413. The smallest absolute Gasteiger partial charge is 0.422 e. The third-order valence-corrected chi connectivity index (χ3v) is 1.96. The largest absolute Gasteiger partial charge is 0.493 e. The number of rotatable bonds is 4. The Hall–Kier alpha value is -1.72. The zero-order valence-corrected chi connectivity index (χ0v) is 9.30. The molecule has 0 fully saturated rings. The Labute approximate surface area is 96.1 Å². The number of benzene rings is 1. The zero-order valence-electron chi connectivity index (χ0n) is 9.30. The van der Waals surface area contributed by atoms with Crippen LogP contribution in [0, 0.1) is 0 Å². The molecule has 0 N–H and O–H groups in total. The summed E-state index contributed by atoms with van der Waals surface area (Å²) in [5.41, 5.74) is 0.0635. The molecule has 0 spiro atoms. The molecule has 0 saturated carbocycles. The second-order valence-electron chi connectivity index (χ2n) is 3.30. The highest BCUT2D eigenvalue weighted by Crippen LogP contribution is 2.32. The summed E-state index contributed by atoms with van der Waals surface area (Å²) in [7, 11) is 1.29. The van der Waals surface area contributed by atoms with Crippen LogP contribution >= 0.6 is 0 Å². The van der Waals surface area contributed by atoms with Crippen molar-refractivity contribution in [3.8, 4) is 11.5 Å². The summed E-state index contributed by atoms with van der Waals surface area (Å²) in [5.74, 6) is -0.470. The van der Waals surface area contributed by atoms with Crippen molar-refractivity contribution >= 4 is 5.78 Å². The predicted molar refractivity (Wildman–Crippen MR) is 54.5 cm³/mol. The maximum Gasteiger partial charge on any atom is 0.422 e. The van der Waals surface area contributed by atoms with Crippen LogP contribution in [-0.4, -0.2) is 25.7 Å². The molecule has 94 valence electrons. The van der Waals surface area contributed by atoms with Crippen LogP contribution in [0.1, 0.15) is 17.3 Å². The van der Waals surface area contributed by atoms with Gasteiger partial charge in [0.2, 0.25) is 0 Å². The van der Waals surface area contributed by atoms with E-state index in [4.69, 9.17) is 4.74 Å². The van der Waals surface area contributed by atoms with Crippen molar-refractivity contribution in [3.05, 3.63) is 23.8 Å². The molecule has 3 nitrogen and oxygen atoms in total. The van der Waals surface area contributed by atoms with E-state index in [2.05, 4.69) is 4.74 Å². The molecule has 0 atom stereocenters. The van der Waals surface area contributed by atoms with Gasteiger partial charge in [0.25, 0.3) is 0 Å². The third kappa shape index (κ3) is 3.65. The number of carbonyl (C=O) groups excluding carboxylic acids is 1. The lowest BCUT2D eigenvalue weighted by atomic mass is 10.1. The van der Waals surface area contributed by atoms with Crippen LogP contribution in [0.4, 0.5) is 13.2 Å². The molecule has 0 bridgehead atoms. The fourth-order valence-corrected chi connectivity index (χ4v) is 1.26. The van der Waals surface area contributed by atoms with E-state index in [0.717, 1.165) is 0 Å². The van der Waals surface area contributed by atoms with E-state index in [1.54, 1.807) is 0 Å². The van der Waals surface area contributed by atoms with Crippen LogP contribution in [0.5, 0.6) is 11.5 Å². The van der Waals surface area contributed by atoms with Gasteiger partial charge in [0.05, 0.1) is 12.7 Å². The minimum absolute atomic E-state index is 0.0635. The summed E-state index contributed by atoms with van der Waals surface area (Å²) in [6.07, 6.45) is -4.46. The number of methoxy groups -OCH3 is 1. The van der Waals surface area contributed by atoms with Crippen LogP contribution in [-0.2, 0) is 0 Å². The Morgan fingerprint density at radius 3 is 2.47 bits per heavy atom. The molecular formula is C11H11F3O3. The Balaban J connectivity index is 3.05. The Kier molecular flexibility index (Phi) is 3.98. The van der Waals surface area contributed by atoms with Crippen LogP contribution in [0.25, 0.3) is 0 Å². The summed E-state index contributed by atoms with van der Waals surface area (Å²) in [4.78, 5) is 11.2. The summed E-state index contributed by atoms with van der Waals surface area (Å²) >= 11 is 0. The van der Waals surface area contributed by atoms with Crippen molar-refractivity contribution < 1.29 is 27.4 Å². The van der Waals surface area contributed by atoms with E-state index < -0.39 is 12.8 Å². The Morgan fingerprint density at radius 2 is 2.00 bits per heavy atom. The van der Waals surface area contributed by atoms with E-state index in [0.29, 0.717) is 0 Å². The average molecular weight is 248 g/mol. The van der Waals surface area contributed by atoms with Gasteiger partial charge in [0, 0.05) is 0 Å². The van der Waals surface area contributed by atoms with Gasteiger partial charge in [-0.15, -0.1) is 0 Å². The van der Waals surface area contributed by atoms with Crippen LogP contribution < -0.4 is 9.47 Å². The lowest BCUT2D eigenvalue weighted by molar-refractivity contribution is -0.153. The van der Waals surface area contributed by atoms with E-state index in [1.807, 2.05) is 0 Å². The molecule has 0 aromatic heterocycles. The van der Waals surface area contributed by atoms with Crippen molar-refractivity contribution in [2.45, 2.75) is 13.1 Å². The molecule has 6 heteroatoms. The summed E-state index contributed by atoms with van der Waals surface area (Å²) in [6, 6.07) is 4.32. The van der Waals surface area contributed by atoms with Crippen LogP contribution in [0.2, 0.25) is 0 Å². The number of ketones is 1. The monoisotopic (exact) mass is 248 g/mol. The fraction of sp³-hybridized carbons (Fsp3) is 0.364. The second kappa shape index (κ2) is 5.07. The number of para-hydroxylation sites is 1. The number of Topliss-reactive ketones (excluding diaryl/α,β-unsaturated/α-hetero) is 1. The maximum absolute atomic E-state index is 12.1. The van der Waals surface area contributed by atoms with E-state index in [9.17, 15) is 18.0 Å². The number of hydrogen-bond donors (Lipinski definition) is 0. The number of ether oxygens (including phenoxy) is 2. The SMILES string of the molecule is COc1cccc(C(C)=O)c1OCC(F)(F)F. The number of alkyl halides is 3. The van der Waals surface area contributed by atoms with E-state index in [-0.39, 0.29) is 22.8 Å². The normalized spacial score (nSPS) is 11.1. The van der Waals surface area contributed by atoms with Gasteiger partial charge >= 0.3 is 6.18 Å². The average Bonchev–Trinajstić information content (AvgIpc) is 2.24. The van der Waals surface area contributed by atoms with Crippen molar-refractivity contribution in [1.82, 2.24) is 0 Å². The second-order valence-corrected chi connectivity index (χ2v) is 3.30. The first-order valence-electron chi connectivity index (χ1n) is 4.72. The van der Waals surface area contributed by atoms with Gasteiger partial charge < -0.3 is 9.47 Å². The third-order valence-electron chi connectivity index (χ3n) is 1.96. The summed E-state index contributed by atoms with van der Waals surface area (Å²) in [5, 5.41) is 0. The van der Waals surface area contributed by atoms with Crippen molar-refractivity contribution in [2.24, 2.45) is 0 Å². The summed E-state index contributed by atoms with van der Waals surface area (Å²) < 4.78 is 45.6. The van der Waals surface area contributed by atoms with Gasteiger partial charge in [-0.25, -0.2) is 0 Å². The first kappa shape index (κ1) is 13.3. The quantitative estimate of drug-likeness (QED) is 0.768. The van der Waals surface area contributed by atoms with Gasteiger partial charge in [-0.1, -0.05) is 6.07 Å². The number of carbonyl (C=O) groups is 1. The standard InChI is InChI=1S/C11H11F3O3/c1-7(15)8-4-3-5-9(16-2)10(8)17-6-11(12,13)14/h3-5H,6H2,1-2H3. The highest BCUT2D eigenvalue weighted by atomic mass is 19.4. The van der Waals surface area contributed by atoms with Gasteiger partial charge in [0.15, 0.2) is 23.9 Å². The number of halogens is 3. The number of hydrogen-bond acceptors (Lipinski definition) is 3. The van der Waals surface area contributed by atoms with Gasteiger partial charge in [-0.3, -0.25) is 4.79 Å². The lowest BCUT2D eigenvalue weighted by Crippen LogP contribution is -2.20. The van der Waals surface area contributed by atoms with Crippen LogP contribution in [0.15, 0.2) is 18.2 Å². The molecule has 0 radical (unpaired) electrons. The molecule has 1 rings (SSSR count). The molecule has 0 unspecified atom stereocenters. The molecule has 1 aromatic rings. The van der Waals surface area contributed by atoms with Crippen molar-refractivity contribution in [2.75, 3.05) is 13.7 Å². The molecule has 1 aromatic carbocycles. The van der Waals surface area contributed by atoms with Crippen molar-refractivity contribution in [1.29, 1.82) is 0 Å². The van der Waals surface area contributed by atoms with Crippen LogP contribution in [0.3, 0.4) is 0 Å². The van der Waals surface area contributed by atoms with Gasteiger partial charge in [0.1, 0.15) is 0 Å². The zero-order chi connectivity index (χ0) is 13.1. The molecule has 0 saturated heterocycles. The topological polar surface area (TPSA) is 35.5 Å². The van der Waals surface area contributed by atoms with E-state index in [1.165, 1.54) is 32.2 Å². The predicted octanol–water partition coefficient (Wildman–Crippen LogP) is 2.84. The first-order valence-corrected chi connectivity index (χ1v) is 4.72. The first-order chi connectivity index (χ1) is 7.85. The highest BCUT2D eigenvalue weighted by Gasteiger charge is 2.29. The van der Waals surface area contributed by atoms with Gasteiger partial charge in [-0.2, -0.15) is 13.2 Å². The highest BCUT2D eigenvalue weighted by molar-refractivity contribution is 5.97. The summed E-state index contributed by atoms with van der Waals surface area (Å²) in [6.45, 7) is -0.219. The minimum Gasteiger partial charge on any atom is -0.493 e. The van der Waals surface area contributed by atoms with Crippen molar-refractivity contribution in [3.63, 3.8) is 0 Å². The minimum atomic E-state index is -4.46. The fourth-order valence-electron chi connectivity index (χ4n) is 1.26. The molecular weight excluding hydrogens is 237 g/mol.